The van der Waals surface area contributed by atoms with Gasteiger partial charge in [0.05, 0.1) is 6.10 Å². The summed E-state index contributed by atoms with van der Waals surface area (Å²) < 4.78 is 0. The van der Waals surface area contributed by atoms with Crippen molar-refractivity contribution < 1.29 is 5.11 Å². The predicted octanol–water partition coefficient (Wildman–Crippen LogP) is 1.75. The minimum Gasteiger partial charge on any atom is -0.390 e. The van der Waals surface area contributed by atoms with Crippen LogP contribution in [0.4, 0.5) is 0 Å². The zero-order chi connectivity index (χ0) is 13.2. The maximum absolute atomic E-state index is 10.0. The van der Waals surface area contributed by atoms with Gasteiger partial charge in [-0.05, 0) is 31.9 Å². The van der Waals surface area contributed by atoms with Gasteiger partial charge in [-0.15, -0.1) is 0 Å². The molecule has 1 aromatic rings. The van der Waals surface area contributed by atoms with E-state index in [9.17, 15) is 5.11 Å². The first-order valence-electron chi connectivity index (χ1n) is 6.66. The lowest BCUT2D eigenvalue weighted by atomic mass is 10.1. The fourth-order valence-electron chi connectivity index (χ4n) is 2.32. The Morgan fingerprint density at radius 2 is 1.78 bits per heavy atom. The van der Waals surface area contributed by atoms with Crippen molar-refractivity contribution in [3.05, 3.63) is 35.4 Å². The van der Waals surface area contributed by atoms with Gasteiger partial charge in [0.1, 0.15) is 0 Å². The summed E-state index contributed by atoms with van der Waals surface area (Å²) in [6, 6.07) is 8.52. The van der Waals surface area contributed by atoms with Crippen LogP contribution in [0, 0.1) is 0 Å². The van der Waals surface area contributed by atoms with Crippen LogP contribution in [0.15, 0.2) is 24.3 Å². The van der Waals surface area contributed by atoms with Crippen molar-refractivity contribution in [1.29, 1.82) is 0 Å². The van der Waals surface area contributed by atoms with Crippen LogP contribution in [0.1, 0.15) is 31.9 Å². The van der Waals surface area contributed by atoms with Crippen LogP contribution in [0.2, 0.25) is 0 Å². The Bertz CT molecular complexity index is 373. The van der Waals surface area contributed by atoms with Crippen LogP contribution < -0.4 is 5.32 Å². The second-order valence-corrected chi connectivity index (χ2v) is 6.22. The van der Waals surface area contributed by atoms with E-state index in [0.29, 0.717) is 6.54 Å². The molecule has 2 N–H and O–H groups in total. The number of hydrogen-bond acceptors (Lipinski definition) is 3. The third-order valence-electron chi connectivity index (χ3n) is 3.24. The van der Waals surface area contributed by atoms with Gasteiger partial charge in [0.2, 0.25) is 0 Å². The van der Waals surface area contributed by atoms with E-state index < -0.39 is 0 Å². The van der Waals surface area contributed by atoms with Crippen LogP contribution in [0.3, 0.4) is 0 Å². The highest BCUT2D eigenvalue weighted by molar-refractivity contribution is 5.30. The fourth-order valence-corrected chi connectivity index (χ4v) is 2.32. The molecule has 1 aliphatic rings. The van der Waals surface area contributed by atoms with Gasteiger partial charge >= 0.3 is 0 Å². The molecule has 0 saturated heterocycles. The average Bonchev–Trinajstić information content (AvgIpc) is 2.67. The van der Waals surface area contributed by atoms with E-state index in [0.717, 1.165) is 19.6 Å². The van der Waals surface area contributed by atoms with E-state index in [-0.39, 0.29) is 11.6 Å². The lowest BCUT2D eigenvalue weighted by molar-refractivity contribution is 0.104. The van der Waals surface area contributed by atoms with E-state index in [2.05, 4.69) is 55.3 Å². The molecule has 100 valence electrons. The third-order valence-corrected chi connectivity index (χ3v) is 3.24. The summed E-state index contributed by atoms with van der Waals surface area (Å²) in [5.41, 5.74) is 2.86. The molecule has 3 nitrogen and oxygen atoms in total. The second-order valence-electron chi connectivity index (χ2n) is 6.22. The first-order valence-corrected chi connectivity index (χ1v) is 6.66. The molecule has 1 aromatic carbocycles. The van der Waals surface area contributed by atoms with E-state index in [1.807, 2.05) is 0 Å². The van der Waals surface area contributed by atoms with Crippen molar-refractivity contribution in [3.63, 3.8) is 0 Å². The zero-order valence-electron chi connectivity index (χ0n) is 11.6. The SMILES string of the molecule is CC(C)(C)NCC(O)CN1Cc2ccccc2C1. The molecule has 0 spiro atoms. The van der Waals surface area contributed by atoms with Crippen LogP contribution in [0.5, 0.6) is 0 Å². The molecule has 0 bridgehead atoms. The van der Waals surface area contributed by atoms with Gasteiger partial charge in [-0.2, -0.15) is 0 Å². The molecule has 1 aliphatic heterocycles. The molecule has 0 amide bonds. The summed E-state index contributed by atoms with van der Waals surface area (Å²) in [4.78, 5) is 2.31. The van der Waals surface area contributed by atoms with Gasteiger partial charge in [-0.1, -0.05) is 24.3 Å². The lowest BCUT2D eigenvalue weighted by Crippen LogP contribution is -2.44. The first kappa shape index (κ1) is 13.5. The molecular weight excluding hydrogens is 224 g/mol. The number of nitrogens with one attached hydrogen (secondary N) is 1. The maximum atomic E-state index is 10.0. The summed E-state index contributed by atoms with van der Waals surface area (Å²) in [5.74, 6) is 0. The minimum atomic E-state index is -0.307. The Balaban J connectivity index is 1.79. The molecule has 18 heavy (non-hydrogen) atoms. The van der Waals surface area contributed by atoms with Gasteiger partial charge in [-0.3, -0.25) is 4.90 Å². The Hall–Kier alpha value is -0.900. The quantitative estimate of drug-likeness (QED) is 0.852. The molecule has 2 rings (SSSR count). The molecule has 0 saturated carbocycles. The van der Waals surface area contributed by atoms with Crippen LogP contribution >= 0.6 is 0 Å². The normalized spacial score (nSPS) is 17.8. The Kier molecular flexibility index (Phi) is 4.05. The standard InChI is InChI=1S/C15H24N2O/c1-15(2,3)16-8-14(18)11-17-9-12-6-4-5-7-13(12)10-17/h4-7,14,16,18H,8-11H2,1-3H3. The Morgan fingerprint density at radius 3 is 2.28 bits per heavy atom. The van der Waals surface area contributed by atoms with Gasteiger partial charge in [-0.25, -0.2) is 0 Å². The summed E-state index contributed by atoms with van der Waals surface area (Å²) in [6.45, 7) is 9.65. The lowest BCUT2D eigenvalue weighted by Gasteiger charge is -2.25. The largest absolute Gasteiger partial charge is 0.390 e. The molecule has 0 radical (unpaired) electrons. The number of nitrogens with zero attached hydrogens (tertiary/aromatic N) is 1. The highest BCUT2D eigenvalue weighted by Gasteiger charge is 2.21. The van der Waals surface area contributed by atoms with Crippen molar-refractivity contribution in [2.45, 2.75) is 45.5 Å². The maximum Gasteiger partial charge on any atom is 0.0791 e. The number of fused-ring (bicyclic) bond motifs is 1. The summed E-state index contributed by atoms with van der Waals surface area (Å²) in [7, 11) is 0. The van der Waals surface area contributed by atoms with E-state index >= 15 is 0 Å². The van der Waals surface area contributed by atoms with Gasteiger partial charge in [0.25, 0.3) is 0 Å². The van der Waals surface area contributed by atoms with Crippen LogP contribution in [-0.2, 0) is 13.1 Å². The van der Waals surface area contributed by atoms with Gasteiger partial charge in [0.15, 0.2) is 0 Å². The predicted molar refractivity (Wildman–Crippen MR) is 74.3 cm³/mol. The van der Waals surface area contributed by atoms with Crippen molar-refractivity contribution in [1.82, 2.24) is 10.2 Å². The highest BCUT2D eigenvalue weighted by Crippen LogP contribution is 2.21. The third kappa shape index (κ3) is 3.80. The zero-order valence-corrected chi connectivity index (χ0v) is 11.6. The number of aliphatic hydroxyl groups is 1. The first-order chi connectivity index (χ1) is 8.44. The van der Waals surface area contributed by atoms with Crippen LogP contribution in [-0.4, -0.2) is 34.7 Å². The topological polar surface area (TPSA) is 35.5 Å². The number of rotatable bonds is 4. The fraction of sp³-hybridized carbons (Fsp3) is 0.600. The van der Waals surface area contributed by atoms with Gasteiger partial charge < -0.3 is 10.4 Å². The van der Waals surface area contributed by atoms with E-state index in [4.69, 9.17) is 0 Å². The average molecular weight is 248 g/mol. The second kappa shape index (κ2) is 5.39. The van der Waals surface area contributed by atoms with Crippen LogP contribution in [0.25, 0.3) is 0 Å². The van der Waals surface area contributed by atoms with Crippen molar-refractivity contribution in [3.8, 4) is 0 Å². The molecular formula is C15H24N2O. The summed E-state index contributed by atoms with van der Waals surface area (Å²) in [5, 5.41) is 13.4. The molecule has 3 heteroatoms. The summed E-state index contributed by atoms with van der Waals surface area (Å²) in [6.07, 6.45) is -0.307. The highest BCUT2D eigenvalue weighted by atomic mass is 16.3. The summed E-state index contributed by atoms with van der Waals surface area (Å²) >= 11 is 0. The molecule has 1 atom stereocenters. The van der Waals surface area contributed by atoms with E-state index in [1.165, 1.54) is 11.1 Å². The van der Waals surface area contributed by atoms with Crippen molar-refractivity contribution in [2.24, 2.45) is 0 Å². The molecule has 1 heterocycles. The molecule has 0 aliphatic carbocycles. The van der Waals surface area contributed by atoms with Crippen molar-refractivity contribution >= 4 is 0 Å². The van der Waals surface area contributed by atoms with Crippen molar-refractivity contribution in [2.75, 3.05) is 13.1 Å². The number of benzene rings is 1. The number of aliphatic hydroxyl groups excluding tert-OH is 1. The monoisotopic (exact) mass is 248 g/mol. The number of β-amino-alcohol motifs (C(OH)–C–C–N with tert-alkyl or cyclic N) is 1. The van der Waals surface area contributed by atoms with Gasteiger partial charge in [0, 0.05) is 31.7 Å². The minimum absolute atomic E-state index is 0.0644. The molecule has 1 unspecified atom stereocenters. The smallest absolute Gasteiger partial charge is 0.0791 e. The molecule has 0 aromatic heterocycles. The Labute approximate surface area is 110 Å². The molecule has 0 fully saturated rings. The Morgan fingerprint density at radius 1 is 1.22 bits per heavy atom. The number of hydrogen-bond donors (Lipinski definition) is 2. The van der Waals surface area contributed by atoms with E-state index in [1.54, 1.807) is 0 Å².